The van der Waals surface area contributed by atoms with Gasteiger partial charge in [0.15, 0.2) is 0 Å². The van der Waals surface area contributed by atoms with E-state index in [4.69, 9.17) is 0 Å². The molecule has 0 heterocycles. The predicted octanol–water partition coefficient (Wildman–Crippen LogP) is 5.61. The predicted molar refractivity (Wildman–Crippen MR) is 120 cm³/mol. The van der Waals surface area contributed by atoms with E-state index in [9.17, 15) is 0 Å². The van der Waals surface area contributed by atoms with Crippen LogP contribution in [0.5, 0.6) is 0 Å². The summed E-state index contributed by atoms with van der Waals surface area (Å²) in [6.07, 6.45) is 1.08. The molecular formula is C25H29P. The molecule has 0 fully saturated rings. The number of hydrogen-bond donors (Lipinski definition) is 0. The quantitative estimate of drug-likeness (QED) is 0.531. The summed E-state index contributed by atoms with van der Waals surface area (Å²) in [4.78, 5) is 0. The molecule has 3 aromatic carbocycles. The fourth-order valence-corrected chi connectivity index (χ4v) is 9.31. The topological polar surface area (TPSA) is 0 Å². The second-order valence-corrected chi connectivity index (χ2v) is 11.2. The zero-order valence-corrected chi connectivity index (χ0v) is 17.2. The summed E-state index contributed by atoms with van der Waals surface area (Å²) in [5.74, 6) is 0. The molecule has 0 nitrogen and oxygen atoms in total. The minimum atomic E-state index is -1.87. The lowest BCUT2D eigenvalue weighted by Gasteiger charge is -2.38. The normalized spacial score (nSPS) is 12.0. The average Bonchev–Trinajstić information content (AvgIpc) is 2.67. The molecule has 0 spiro atoms. The first-order valence-corrected chi connectivity index (χ1v) is 11.2. The van der Waals surface area contributed by atoms with Crippen molar-refractivity contribution in [3.8, 4) is 0 Å². The Hall–Kier alpha value is -2.04. The molecule has 26 heavy (non-hydrogen) atoms. The maximum atomic E-state index is 2.37. The highest BCUT2D eigenvalue weighted by atomic mass is 31.2. The smallest absolute Gasteiger partial charge is 0.0160 e. The Kier molecular flexibility index (Phi) is 5.54. The van der Waals surface area contributed by atoms with E-state index in [0.29, 0.717) is 0 Å². The SMILES string of the molecule is CCC(C(C)(C)C)=P(c1ccccc1)(c1ccccc1)c1ccccc1. The van der Waals surface area contributed by atoms with Gasteiger partial charge in [0.25, 0.3) is 0 Å². The van der Waals surface area contributed by atoms with Crippen LogP contribution in [0.3, 0.4) is 0 Å². The molecule has 0 aliphatic carbocycles. The van der Waals surface area contributed by atoms with Crippen LogP contribution in [0.25, 0.3) is 0 Å². The molecule has 0 aromatic heterocycles. The summed E-state index contributed by atoms with van der Waals surface area (Å²) >= 11 is 0. The van der Waals surface area contributed by atoms with E-state index >= 15 is 0 Å². The lowest BCUT2D eigenvalue weighted by atomic mass is 9.91. The molecular weight excluding hydrogens is 331 g/mol. The van der Waals surface area contributed by atoms with Gasteiger partial charge in [-0.05, 0) is 34.6 Å². The Morgan fingerprint density at radius 3 is 1.15 bits per heavy atom. The van der Waals surface area contributed by atoms with Gasteiger partial charge < -0.3 is 0 Å². The van der Waals surface area contributed by atoms with E-state index in [1.165, 1.54) is 15.9 Å². The summed E-state index contributed by atoms with van der Waals surface area (Å²) in [7, 11) is 0. The molecule has 1 heteroatoms. The number of rotatable bonds is 4. The maximum absolute atomic E-state index is 2.37. The molecule has 3 rings (SSSR count). The molecule has 0 aliphatic heterocycles. The molecule has 0 bridgehead atoms. The fourth-order valence-electron chi connectivity index (χ4n) is 4.14. The van der Waals surface area contributed by atoms with Crippen LogP contribution in [0.15, 0.2) is 91.0 Å². The summed E-state index contributed by atoms with van der Waals surface area (Å²) in [5.41, 5.74) is 0.129. The average molecular weight is 360 g/mol. The lowest BCUT2D eigenvalue weighted by Crippen LogP contribution is -2.35. The molecule has 3 aromatic rings. The molecule has 0 atom stereocenters. The van der Waals surface area contributed by atoms with Gasteiger partial charge in [-0.25, -0.2) is 0 Å². The van der Waals surface area contributed by atoms with Crippen LogP contribution >= 0.6 is 6.89 Å². The second-order valence-electron chi connectivity index (χ2n) is 7.73. The van der Waals surface area contributed by atoms with Gasteiger partial charge in [0.1, 0.15) is 0 Å². The highest BCUT2D eigenvalue weighted by molar-refractivity contribution is 7.95. The highest BCUT2D eigenvalue weighted by Crippen LogP contribution is 2.50. The summed E-state index contributed by atoms with van der Waals surface area (Å²) in [6.45, 7) is 7.57. The fraction of sp³-hybridized carbons (Fsp3) is 0.240. The Morgan fingerprint density at radius 1 is 0.615 bits per heavy atom. The minimum absolute atomic E-state index is 0.129. The van der Waals surface area contributed by atoms with Gasteiger partial charge in [0.2, 0.25) is 0 Å². The van der Waals surface area contributed by atoms with Gasteiger partial charge in [0, 0.05) is 0 Å². The molecule has 0 radical (unpaired) electrons. The van der Waals surface area contributed by atoms with Gasteiger partial charge in [0.05, 0.1) is 0 Å². The molecule has 0 saturated heterocycles. The Balaban J connectivity index is 2.59. The third-order valence-corrected chi connectivity index (χ3v) is 10.1. The van der Waals surface area contributed by atoms with E-state index < -0.39 is 6.89 Å². The largest absolute Gasteiger partial charge is 0.0622 e. The van der Waals surface area contributed by atoms with Crippen LogP contribution < -0.4 is 15.9 Å². The van der Waals surface area contributed by atoms with E-state index in [1.54, 1.807) is 5.29 Å². The molecule has 134 valence electrons. The summed E-state index contributed by atoms with van der Waals surface area (Å²) in [6, 6.07) is 33.5. The molecule has 0 N–H and O–H groups in total. The van der Waals surface area contributed by atoms with E-state index in [0.717, 1.165) is 6.42 Å². The van der Waals surface area contributed by atoms with Gasteiger partial charge in [-0.1, -0.05) is 124 Å². The zero-order valence-electron chi connectivity index (χ0n) is 16.3. The highest BCUT2D eigenvalue weighted by Gasteiger charge is 2.33. The Labute approximate surface area is 158 Å². The zero-order chi connectivity index (χ0) is 18.6. The van der Waals surface area contributed by atoms with Crippen LogP contribution in [0.1, 0.15) is 34.1 Å². The van der Waals surface area contributed by atoms with Crippen molar-refractivity contribution in [2.24, 2.45) is 5.41 Å². The van der Waals surface area contributed by atoms with Crippen LogP contribution in [0, 0.1) is 5.41 Å². The Bertz CT molecular complexity index is 782. The van der Waals surface area contributed by atoms with Crippen molar-refractivity contribution in [3.05, 3.63) is 91.0 Å². The molecule has 0 unspecified atom stereocenters. The van der Waals surface area contributed by atoms with Crippen molar-refractivity contribution in [1.82, 2.24) is 0 Å². The first-order chi connectivity index (χ1) is 12.5. The van der Waals surface area contributed by atoms with E-state index in [-0.39, 0.29) is 5.41 Å². The van der Waals surface area contributed by atoms with Crippen molar-refractivity contribution >= 4 is 28.1 Å². The van der Waals surface area contributed by atoms with E-state index in [1.807, 2.05) is 0 Å². The van der Waals surface area contributed by atoms with E-state index in [2.05, 4.69) is 119 Å². The third kappa shape index (κ3) is 3.31. The van der Waals surface area contributed by atoms with Crippen LogP contribution in [0.2, 0.25) is 0 Å². The molecule has 0 amide bonds. The van der Waals surface area contributed by atoms with Gasteiger partial charge in [-0.3, -0.25) is 0 Å². The first kappa shape index (κ1) is 18.7. The van der Waals surface area contributed by atoms with Gasteiger partial charge in [-0.15, -0.1) is 0 Å². The molecule has 0 saturated carbocycles. The third-order valence-electron chi connectivity index (χ3n) is 5.04. The van der Waals surface area contributed by atoms with Crippen molar-refractivity contribution in [3.63, 3.8) is 0 Å². The standard InChI is InChI=1S/C25H29P/c1-5-24(25(2,3)4)26(21-15-9-6-10-16-21,22-17-11-7-12-18-22)23-19-13-8-14-20-23/h6-20H,5H2,1-4H3. The number of benzene rings is 3. The second kappa shape index (κ2) is 7.68. The molecule has 0 aliphatic rings. The van der Waals surface area contributed by atoms with Crippen molar-refractivity contribution in [2.75, 3.05) is 0 Å². The monoisotopic (exact) mass is 360 g/mol. The van der Waals surface area contributed by atoms with Gasteiger partial charge in [-0.2, -0.15) is 0 Å². The number of hydrogen-bond acceptors (Lipinski definition) is 0. The summed E-state index contributed by atoms with van der Waals surface area (Å²) < 4.78 is 0. The van der Waals surface area contributed by atoms with Gasteiger partial charge >= 0.3 is 0 Å². The lowest BCUT2D eigenvalue weighted by molar-refractivity contribution is 0.590. The van der Waals surface area contributed by atoms with Crippen LogP contribution in [-0.2, 0) is 0 Å². The van der Waals surface area contributed by atoms with Crippen LogP contribution in [0.4, 0.5) is 0 Å². The van der Waals surface area contributed by atoms with Crippen molar-refractivity contribution in [1.29, 1.82) is 0 Å². The summed E-state index contributed by atoms with van der Waals surface area (Å²) in [5, 5.41) is 5.99. The van der Waals surface area contributed by atoms with Crippen molar-refractivity contribution in [2.45, 2.75) is 34.1 Å². The van der Waals surface area contributed by atoms with Crippen molar-refractivity contribution < 1.29 is 0 Å². The maximum Gasteiger partial charge on any atom is -0.0160 e. The first-order valence-electron chi connectivity index (χ1n) is 9.44. The van der Waals surface area contributed by atoms with Crippen LogP contribution in [-0.4, -0.2) is 5.29 Å². The Morgan fingerprint density at radius 2 is 0.923 bits per heavy atom. The minimum Gasteiger partial charge on any atom is -0.0622 e.